The van der Waals surface area contributed by atoms with Crippen LogP contribution in [-0.2, 0) is 22.4 Å². The van der Waals surface area contributed by atoms with Gasteiger partial charge < -0.3 is 20.5 Å². The summed E-state index contributed by atoms with van der Waals surface area (Å²) in [5.41, 5.74) is 2.54. The lowest BCUT2D eigenvalue weighted by Gasteiger charge is -2.20. The zero-order chi connectivity index (χ0) is 22.9. The number of phenols is 1. The average Bonchev–Trinajstić information content (AvgIpc) is 2.81. The first kappa shape index (κ1) is 22.8. The summed E-state index contributed by atoms with van der Waals surface area (Å²) in [6.45, 7) is 0.280. The van der Waals surface area contributed by atoms with Crippen LogP contribution in [0.3, 0.4) is 0 Å². The predicted octanol–water partition coefficient (Wildman–Crippen LogP) is 3.30. The fourth-order valence-electron chi connectivity index (χ4n) is 3.23. The van der Waals surface area contributed by atoms with Crippen LogP contribution in [-0.4, -0.2) is 30.6 Å². The van der Waals surface area contributed by atoms with Crippen molar-refractivity contribution in [2.45, 2.75) is 18.9 Å². The third-order valence-electron chi connectivity index (χ3n) is 5.02. The van der Waals surface area contributed by atoms with Gasteiger partial charge in [-0.2, -0.15) is 0 Å². The topological polar surface area (TPSA) is 87.7 Å². The fourth-order valence-corrected chi connectivity index (χ4v) is 3.23. The molecule has 7 heteroatoms. The molecule has 0 radical (unpaired) electrons. The molecule has 3 rings (SSSR count). The summed E-state index contributed by atoms with van der Waals surface area (Å²) in [6, 6.07) is 19.4. The Morgan fingerprint density at radius 1 is 0.906 bits per heavy atom. The normalized spacial score (nSPS) is 11.4. The van der Waals surface area contributed by atoms with Crippen LogP contribution >= 0.6 is 0 Å². The molecule has 1 atom stereocenters. The van der Waals surface area contributed by atoms with Crippen LogP contribution < -0.4 is 15.4 Å². The number of aromatic hydroxyl groups is 1. The summed E-state index contributed by atoms with van der Waals surface area (Å²) >= 11 is 0. The molecule has 0 heterocycles. The van der Waals surface area contributed by atoms with Crippen molar-refractivity contribution in [3.8, 4) is 11.5 Å². The molecule has 0 aromatic heterocycles. The number of nitrogens with one attached hydrogen (secondary N) is 2. The van der Waals surface area contributed by atoms with E-state index in [-0.39, 0.29) is 18.1 Å². The van der Waals surface area contributed by atoms with E-state index in [9.17, 15) is 19.1 Å². The van der Waals surface area contributed by atoms with E-state index in [0.717, 1.165) is 16.7 Å². The SMILES string of the molecule is COc1ccc(C(Cc2ccc(F)cc2)NC(=O)C(=O)NCCc2ccc(O)cc2)cc1. The van der Waals surface area contributed by atoms with E-state index in [2.05, 4.69) is 10.6 Å². The highest BCUT2D eigenvalue weighted by Crippen LogP contribution is 2.22. The molecular weight excluding hydrogens is 411 g/mol. The van der Waals surface area contributed by atoms with Gasteiger partial charge in [-0.05, 0) is 65.9 Å². The van der Waals surface area contributed by atoms with E-state index in [1.807, 2.05) is 12.1 Å². The smallest absolute Gasteiger partial charge is 0.309 e. The van der Waals surface area contributed by atoms with Crippen molar-refractivity contribution < 1.29 is 23.8 Å². The fraction of sp³-hybridized carbons (Fsp3) is 0.200. The average molecular weight is 436 g/mol. The standard InChI is InChI=1S/C25H25FN2O4/c1-32-22-12-6-19(7-13-22)23(16-18-2-8-20(26)9-3-18)28-25(31)24(30)27-15-14-17-4-10-21(29)11-5-17/h2-13,23,29H,14-16H2,1H3,(H,27,30)(H,28,31). The molecule has 3 aromatic carbocycles. The highest BCUT2D eigenvalue weighted by molar-refractivity contribution is 6.35. The summed E-state index contributed by atoms with van der Waals surface area (Å²) in [4.78, 5) is 24.9. The van der Waals surface area contributed by atoms with Crippen molar-refractivity contribution in [2.75, 3.05) is 13.7 Å². The molecule has 0 bridgehead atoms. The third kappa shape index (κ3) is 6.57. The van der Waals surface area contributed by atoms with E-state index < -0.39 is 17.9 Å². The molecule has 32 heavy (non-hydrogen) atoms. The van der Waals surface area contributed by atoms with Gasteiger partial charge in [-0.15, -0.1) is 0 Å². The molecule has 6 nitrogen and oxygen atoms in total. The van der Waals surface area contributed by atoms with Crippen molar-refractivity contribution in [3.05, 3.63) is 95.3 Å². The number of carbonyl (C=O) groups is 2. The van der Waals surface area contributed by atoms with E-state index in [1.54, 1.807) is 55.6 Å². The molecular formula is C25H25FN2O4. The summed E-state index contributed by atoms with van der Waals surface area (Å²) in [6.07, 6.45) is 0.913. The summed E-state index contributed by atoms with van der Waals surface area (Å²) in [7, 11) is 1.56. The maximum atomic E-state index is 13.3. The number of rotatable bonds is 8. The van der Waals surface area contributed by atoms with Gasteiger partial charge in [0.15, 0.2) is 0 Å². The van der Waals surface area contributed by atoms with Gasteiger partial charge >= 0.3 is 11.8 Å². The van der Waals surface area contributed by atoms with Crippen LogP contribution in [0, 0.1) is 5.82 Å². The largest absolute Gasteiger partial charge is 0.508 e. The maximum absolute atomic E-state index is 13.3. The lowest BCUT2D eigenvalue weighted by molar-refractivity contribution is -0.139. The van der Waals surface area contributed by atoms with E-state index >= 15 is 0 Å². The Labute approximate surface area is 186 Å². The molecule has 0 fully saturated rings. The number of benzene rings is 3. The van der Waals surface area contributed by atoms with E-state index in [0.29, 0.717) is 18.6 Å². The Hall–Kier alpha value is -3.87. The van der Waals surface area contributed by atoms with Gasteiger partial charge in [0, 0.05) is 6.54 Å². The van der Waals surface area contributed by atoms with Crippen molar-refractivity contribution >= 4 is 11.8 Å². The van der Waals surface area contributed by atoms with Crippen LogP contribution in [0.5, 0.6) is 11.5 Å². The number of hydrogen-bond acceptors (Lipinski definition) is 4. The van der Waals surface area contributed by atoms with Gasteiger partial charge in [0.1, 0.15) is 17.3 Å². The minimum Gasteiger partial charge on any atom is -0.508 e. The molecule has 166 valence electrons. The Morgan fingerprint density at radius 3 is 2.16 bits per heavy atom. The first-order chi connectivity index (χ1) is 15.4. The number of methoxy groups -OCH3 is 1. The first-order valence-corrected chi connectivity index (χ1v) is 10.2. The number of halogens is 1. The van der Waals surface area contributed by atoms with Crippen LogP contribution in [0.1, 0.15) is 22.7 Å². The van der Waals surface area contributed by atoms with Crippen molar-refractivity contribution in [2.24, 2.45) is 0 Å². The molecule has 2 amide bonds. The molecule has 0 saturated heterocycles. The van der Waals surface area contributed by atoms with Crippen LogP contribution in [0.15, 0.2) is 72.8 Å². The van der Waals surface area contributed by atoms with Crippen molar-refractivity contribution in [3.63, 3.8) is 0 Å². The first-order valence-electron chi connectivity index (χ1n) is 10.2. The second-order valence-electron chi connectivity index (χ2n) is 7.30. The minimum atomic E-state index is -0.751. The molecule has 0 spiro atoms. The molecule has 3 aromatic rings. The lowest BCUT2D eigenvalue weighted by Crippen LogP contribution is -2.42. The van der Waals surface area contributed by atoms with Crippen molar-refractivity contribution in [1.29, 1.82) is 0 Å². The zero-order valence-electron chi connectivity index (χ0n) is 17.7. The van der Waals surface area contributed by atoms with E-state index in [1.165, 1.54) is 12.1 Å². The number of ether oxygens (including phenoxy) is 1. The van der Waals surface area contributed by atoms with Gasteiger partial charge in [-0.25, -0.2) is 4.39 Å². The number of carbonyl (C=O) groups excluding carboxylic acids is 2. The van der Waals surface area contributed by atoms with Gasteiger partial charge in [-0.1, -0.05) is 36.4 Å². The number of phenolic OH excluding ortho intramolecular Hbond substituents is 1. The Morgan fingerprint density at radius 2 is 1.53 bits per heavy atom. The van der Waals surface area contributed by atoms with E-state index in [4.69, 9.17) is 4.74 Å². The van der Waals surface area contributed by atoms with Gasteiger partial charge in [0.05, 0.1) is 13.2 Å². The van der Waals surface area contributed by atoms with Crippen LogP contribution in [0.4, 0.5) is 4.39 Å². The Kier molecular flexibility index (Phi) is 7.80. The summed E-state index contributed by atoms with van der Waals surface area (Å²) in [5.74, 6) is -0.984. The quantitative estimate of drug-likeness (QED) is 0.473. The van der Waals surface area contributed by atoms with Crippen molar-refractivity contribution in [1.82, 2.24) is 10.6 Å². The molecule has 0 aliphatic carbocycles. The molecule has 3 N–H and O–H groups in total. The molecule has 0 aliphatic heterocycles. The summed E-state index contributed by atoms with van der Waals surface area (Å²) < 4.78 is 18.4. The monoisotopic (exact) mass is 436 g/mol. The molecule has 0 saturated carbocycles. The summed E-state index contributed by atoms with van der Waals surface area (Å²) in [5, 5.41) is 14.7. The van der Waals surface area contributed by atoms with Gasteiger partial charge in [0.2, 0.25) is 0 Å². The second-order valence-corrected chi connectivity index (χ2v) is 7.30. The Balaban J connectivity index is 1.63. The minimum absolute atomic E-state index is 0.169. The maximum Gasteiger partial charge on any atom is 0.309 e. The highest BCUT2D eigenvalue weighted by Gasteiger charge is 2.20. The number of hydrogen-bond donors (Lipinski definition) is 3. The van der Waals surface area contributed by atoms with Gasteiger partial charge in [-0.3, -0.25) is 9.59 Å². The highest BCUT2D eigenvalue weighted by atomic mass is 19.1. The predicted molar refractivity (Wildman–Crippen MR) is 119 cm³/mol. The molecule has 0 aliphatic rings. The van der Waals surface area contributed by atoms with Gasteiger partial charge in [0.25, 0.3) is 0 Å². The number of amides is 2. The molecule has 1 unspecified atom stereocenters. The van der Waals surface area contributed by atoms with Crippen LogP contribution in [0.2, 0.25) is 0 Å². The second kappa shape index (κ2) is 10.9. The third-order valence-corrected chi connectivity index (χ3v) is 5.02. The van der Waals surface area contributed by atoms with Crippen LogP contribution in [0.25, 0.3) is 0 Å². The lowest BCUT2D eigenvalue weighted by atomic mass is 9.98. The Bertz CT molecular complexity index is 1040. The zero-order valence-corrected chi connectivity index (χ0v) is 17.7.